The molecule has 4 rings (SSSR count). The highest BCUT2D eigenvalue weighted by Gasteiger charge is 2.25. The van der Waals surface area contributed by atoms with E-state index in [9.17, 15) is 4.79 Å². The van der Waals surface area contributed by atoms with Gasteiger partial charge in [0.2, 0.25) is 11.6 Å². The molecule has 2 atom stereocenters. The number of furan rings is 1. The van der Waals surface area contributed by atoms with E-state index in [0.717, 1.165) is 22.4 Å². The number of hydrogen-bond acceptors (Lipinski definition) is 7. The van der Waals surface area contributed by atoms with Gasteiger partial charge >= 0.3 is 5.97 Å². The number of fused-ring (bicyclic) bond motifs is 1. The van der Waals surface area contributed by atoms with Crippen LogP contribution < -0.4 is 9.47 Å². The molecule has 0 fully saturated rings. The number of methoxy groups -OCH3 is 1. The molecule has 8 nitrogen and oxygen atoms in total. The highest BCUT2D eigenvalue weighted by Crippen LogP contribution is 2.43. The number of carbonyl (C=O) groups is 1. The van der Waals surface area contributed by atoms with Crippen molar-refractivity contribution < 1.29 is 28.5 Å². The van der Waals surface area contributed by atoms with Gasteiger partial charge in [0.15, 0.2) is 0 Å². The zero-order valence-electron chi connectivity index (χ0n) is 19.2. The van der Waals surface area contributed by atoms with E-state index in [4.69, 9.17) is 23.7 Å². The Balaban J connectivity index is 1.76. The number of aromatic nitrogens is 2. The molecule has 34 heavy (non-hydrogen) atoms. The summed E-state index contributed by atoms with van der Waals surface area (Å²) in [6.45, 7) is 3.79. The van der Waals surface area contributed by atoms with Gasteiger partial charge in [-0.25, -0.2) is 9.97 Å². The monoisotopic (exact) mass is 462 g/mol. The lowest BCUT2D eigenvalue weighted by atomic mass is 9.99. The van der Waals surface area contributed by atoms with E-state index in [1.165, 1.54) is 6.33 Å². The summed E-state index contributed by atoms with van der Waals surface area (Å²) in [6, 6.07) is 17.5. The lowest BCUT2D eigenvalue weighted by Crippen LogP contribution is -2.29. The van der Waals surface area contributed by atoms with Crippen molar-refractivity contribution in [3.8, 4) is 34.1 Å². The first-order chi connectivity index (χ1) is 16.5. The van der Waals surface area contributed by atoms with Crippen molar-refractivity contribution in [2.24, 2.45) is 0 Å². The minimum Gasteiger partial charge on any atom is -0.497 e. The quantitative estimate of drug-likeness (QED) is 0.342. The lowest BCUT2D eigenvalue weighted by molar-refractivity contribution is -0.139. The number of hydrogen-bond donors (Lipinski definition) is 1. The zero-order chi connectivity index (χ0) is 24.1. The molecule has 0 saturated heterocycles. The van der Waals surface area contributed by atoms with Crippen molar-refractivity contribution in [3.05, 3.63) is 60.9 Å². The summed E-state index contributed by atoms with van der Waals surface area (Å²) in [5, 5.41) is 9.49. The van der Waals surface area contributed by atoms with Crippen molar-refractivity contribution in [3.63, 3.8) is 0 Å². The number of aliphatic carboxylic acids is 1. The molecule has 176 valence electrons. The fourth-order valence-electron chi connectivity index (χ4n) is 3.56. The van der Waals surface area contributed by atoms with E-state index < -0.39 is 12.1 Å². The molecule has 2 aromatic carbocycles. The maximum Gasteiger partial charge on any atom is 0.305 e. The minimum atomic E-state index is -0.908. The van der Waals surface area contributed by atoms with E-state index in [0.29, 0.717) is 22.7 Å². The summed E-state index contributed by atoms with van der Waals surface area (Å²) in [5.41, 5.74) is 3.01. The number of carboxylic acid groups (broad SMARTS) is 1. The predicted octanol–water partition coefficient (Wildman–Crippen LogP) is 5.21. The standard InChI is InChI=1S/C26H26N2O6/c1-16(32-14-13-21(29)30)17(2)33-25-23-22(18-9-11-20(31-3)12-10-18)24(19-7-5-4-6-8-19)34-26(23)28-15-27-25/h4-12,15-17H,13-14H2,1-3H3,(H,29,30). The van der Waals surface area contributed by atoms with Crippen LogP contribution in [-0.4, -0.2) is 47.0 Å². The second kappa shape index (κ2) is 10.4. The first-order valence-electron chi connectivity index (χ1n) is 10.9. The third-order valence-corrected chi connectivity index (χ3v) is 5.52. The summed E-state index contributed by atoms with van der Waals surface area (Å²) in [4.78, 5) is 19.5. The van der Waals surface area contributed by atoms with E-state index in [2.05, 4.69) is 9.97 Å². The molecular weight excluding hydrogens is 436 g/mol. The number of nitrogens with zero attached hydrogens (tertiary/aromatic N) is 2. The van der Waals surface area contributed by atoms with E-state index in [1.807, 2.05) is 68.4 Å². The van der Waals surface area contributed by atoms with Crippen LogP contribution in [0.15, 0.2) is 65.3 Å². The lowest BCUT2D eigenvalue weighted by Gasteiger charge is -2.21. The van der Waals surface area contributed by atoms with E-state index in [-0.39, 0.29) is 19.1 Å². The molecule has 1 N–H and O–H groups in total. The SMILES string of the molecule is COc1ccc(-c2c(-c3ccccc3)oc3ncnc(OC(C)C(C)OCCC(=O)O)c23)cc1. The van der Waals surface area contributed by atoms with Crippen LogP contribution >= 0.6 is 0 Å². The van der Waals surface area contributed by atoms with Crippen molar-refractivity contribution in [1.29, 1.82) is 0 Å². The van der Waals surface area contributed by atoms with Crippen LogP contribution in [0.1, 0.15) is 20.3 Å². The Labute approximate surface area is 197 Å². The van der Waals surface area contributed by atoms with Gasteiger partial charge in [-0.05, 0) is 31.5 Å². The maximum atomic E-state index is 10.8. The second-order valence-electron chi connectivity index (χ2n) is 7.80. The normalized spacial score (nSPS) is 12.9. The number of carboxylic acids is 1. The van der Waals surface area contributed by atoms with Gasteiger partial charge in [-0.15, -0.1) is 0 Å². The summed E-state index contributed by atoms with van der Waals surface area (Å²) >= 11 is 0. The summed E-state index contributed by atoms with van der Waals surface area (Å²) in [5.74, 6) is 0.855. The van der Waals surface area contributed by atoms with Crippen molar-refractivity contribution in [2.45, 2.75) is 32.5 Å². The topological polar surface area (TPSA) is 104 Å². The van der Waals surface area contributed by atoms with Crippen LogP contribution in [0.2, 0.25) is 0 Å². The fourth-order valence-corrected chi connectivity index (χ4v) is 3.56. The van der Waals surface area contributed by atoms with Crippen molar-refractivity contribution in [2.75, 3.05) is 13.7 Å². The summed E-state index contributed by atoms with van der Waals surface area (Å²) in [6.07, 6.45) is 0.578. The van der Waals surface area contributed by atoms with Gasteiger partial charge in [0.05, 0.1) is 26.2 Å². The molecule has 0 bridgehead atoms. The van der Waals surface area contributed by atoms with Crippen LogP contribution in [0.5, 0.6) is 11.6 Å². The van der Waals surface area contributed by atoms with Gasteiger partial charge in [-0.2, -0.15) is 0 Å². The van der Waals surface area contributed by atoms with E-state index >= 15 is 0 Å². The highest BCUT2D eigenvalue weighted by atomic mass is 16.5. The molecule has 8 heteroatoms. The van der Waals surface area contributed by atoms with Crippen LogP contribution in [-0.2, 0) is 9.53 Å². The first kappa shape index (κ1) is 23.3. The van der Waals surface area contributed by atoms with E-state index in [1.54, 1.807) is 7.11 Å². The molecule has 0 amide bonds. The average molecular weight is 463 g/mol. The fraction of sp³-hybridized carbons (Fsp3) is 0.269. The van der Waals surface area contributed by atoms with Gasteiger partial charge in [0.1, 0.15) is 29.3 Å². The minimum absolute atomic E-state index is 0.0708. The number of rotatable bonds is 10. The summed E-state index contributed by atoms with van der Waals surface area (Å²) < 4.78 is 23.3. The molecule has 0 aliphatic heterocycles. The highest BCUT2D eigenvalue weighted by molar-refractivity contribution is 6.03. The van der Waals surface area contributed by atoms with Gasteiger partial charge in [0, 0.05) is 11.1 Å². The predicted molar refractivity (Wildman–Crippen MR) is 127 cm³/mol. The Bertz CT molecular complexity index is 1250. The van der Waals surface area contributed by atoms with Crippen LogP contribution in [0.3, 0.4) is 0 Å². The Kier molecular flexibility index (Phi) is 7.08. The molecule has 0 radical (unpaired) electrons. The Morgan fingerprint density at radius 3 is 2.41 bits per heavy atom. The van der Waals surface area contributed by atoms with Gasteiger partial charge < -0.3 is 23.7 Å². The number of benzene rings is 2. The molecule has 0 saturated carbocycles. The molecule has 0 aliphatic rings. The Morgan fingerprint density at radius 2 is 1.74 bits per heavy atom. The average Bonchev–Trinajstić information content (AvgIpc) is 3.25. The van der Waals surface area contributed by atoms with Crippen LogP contribution in [0.25, 0.3) is 33.6 Å². The Hall–Kier alpha value is -3.91. The first-order valence-corrected chi connectivity index (χ1v) is 10.9. The third-order valence-electron chi connectivity index (χ3n) is 5.52. The van der Waals surface area contributed by atoms with Crippen molar-refractivity contribution in [1.82, 2.24) is 9.97 Å². The van der Waals surface area contributed by atoms with Crippen molar-refractivity contribution >= 4 is 17.1 Å². The smallest absolute Gasteiger partial charge is 0.305 e. The second-order valence-corrected chi connectivity index (χ2v) is 7.80. The number of ether oxygens (including phenoxy) is 3. The molecule has 4 aromatic rings. The molecule has 0 spiro atoms. The van der Waals surface area contributed by atoms with Crippen LogP contribution in [0, 0.1) is 0 Å². The molecule has 2 aromatic heterocycles. The van der Waals surface area contributed by atoms with Gasteiger partial charge in [-0.1, -0.05) is 42.5 Å². The van der Waals surface area contributed by atoms with Crippen LogP contribution in [0.4, 0.5) is 0 Å². The Morgan fingerprint density at radius 1 is 1.00 bits per heavy atom. The largest absolute Gasteiger partial charge is 0.497 e. The maximum absolute atomic E-state index is 10.8. The molecular formula is C26H26N2O6. The molecule has 0 aliphatic carbocycles. The third kappa shape index (κ3) is 5.02. The molecule has 2 unspecified atom stereocenters. The molecule has 2 heterocycles. The van der Waals surface area contributed by atoms with Gasteiger partial charge in [0.25, 0.3) is 0 Å². The summed E-state index contributed by atoms with van der Waals surface area (Å²) in [7, 11) is 1.62. The zero-order valence-corrected chi connectivity index (χ0v) is 19.2. The van der Waals surface area contributed by atoms with Gasteiger partial charge in [-0.3, -0.25) is 4.79 Å².